The Morgan fingerprint density at radius 1 is 0.820 bits per heavy atom. The first-order chi connectivity index (χ1) is 24.3. The standard InChI is InChI=1S/C47H48N3/c1-33(2)28-31-50-41-27-23-35-14-7-9-16-38(35)44(41)46(3,32-34-20-24-37(48-4)25-21-34)42(50)18-13-19-43-47(29-11-6-12-30-47)45-39-17-10-8-15-36(39)22-26-40(45)49(43)5/h7-10,13-27,33H,6,11-12,28-32H2,1-3,5H3/q+1. The van der Waals surface area contributed by atoms with E-state index in [1.165, 1.54) is 93.1 Å². The third-order valence-electron chi connectivity index (χ3n) is 12.0. The van der Waals surface area contributed by atoms with Crippen LogP contribution in [-0.4, -0.2) is 23.9 Å². The lowest BCUT2D eigenvalue weighted by molar-refractivity contribution is -0.401. The minimum Gasteiger partial charge on any atom is -0.344 e. The molecule has 1 atom stereocenters. The van der Waals surface area contributed by atoms with Crippen molar-refractivity contribution in [2.75, 3.05) is 18.5 Å². The molecule has 1 unspecified atom stereocenters. The first-order valence-corrected chi connectivity index (χ1v) is 18.6. The second-order valence-electron chi connectivity index (χ2n) is 15.5. The Labute approximate surface area is 298 Å². The molecular formula is C47H48N3+. The Morgan fingerprint density at radius 3 is 2.16 bits per heavy atom. The fourth-order valence-corrected chi connectivity index (χ4v) is 9.58. The predicted octanol–water partition coefficient (Wildman–Crippen LogP) is 12.0. The predicted molar refractivity (Wildman–Crippen MR) is 211 cm³/mol. The summed E-state index contributed by atoms with van der Waals surface area (Å²) in [5, 5.41) is 5.37. The summed E-state index contributed by atoms with van der Waals surface area (Å²) in [7, 11) is 2.28. The summed E-state index contributed by atoms with van der Waals surface area (Å²) >= 11 is 0. The summed E-state index contributed by atoms with van der Waals surface area (Å²) in [5.41, 5.74) is 10.2. The van der Waals surface area contributed by atoms with Crippen LogP contribution in [0.25, 0.3) is 26.4 Å². The molecular weight excluding hydrogens is 607 g/mol. The van der Waals surface area contributed by atoms with Crippen LogP contribution in [0, 0.1) is 12.5 Å². The first-order valence-electron chi connectivity index (χ1n) is 18.6. The topological polar surface area (TPSA) is 10.6 Å². The summed E-state index contributed by atoms with van der Waals surface area (Å²) in [4.78, 5) is 6.30. The van der Waals surface area contributed by atoms with Crippen LogP contribution in [0.3, 0.4) is 0 Å². The molecule has 2 heterocycles. The van der Waals surface area contributed by atoms with Gasteiger partial charge < -0.3 is 4.90 Å². The van der Waals surface area contributed by atoms with Gasteiger partial charge in [0.25, 0.3) is 0 Å². The lowest BCUT2D eigenvalue weighted by Crippen LogP contribution is -2.36. The smallest absolute Gasteiger partial charge is 0.210 e. The van der Waals surface area contributed by atoms with Gasteiger partial charge in [0, 0.05) is 41.1 Å². The van der Waals surface area contributed by atoms with Crippen LogP contribution < -0.4 is 4.90 Å². The minimum atomic E-state index is -0.259. The van der Waals surface area contributed by atoms with E-state index in [1.54, 1.807) is 0 Å². The number of benzene rings is 5. The number of anilines is 1. The Balaban J connectivity index is 1.28. The van der Waals surface area contributed by atoms with Crippen molar-refractivity contribution in [2.24, 2.45) is 5.92 Å². The SMILES string of the molecule is [C-]#[N+]c1ccc(CC2(C)C(=CC=CC3=[N+](C)c4ccc5ccccc5c4C34CCCCC4)N(CCC(C)C)c3ccc4ccccc4c32)cc1. The van der Waals surface area contributed by atoms with E-state index in [2.05, 4.69) is 145 Å². The van der Waals surface area contributed by atoms with Gasteiger partial charge in [-0.05, 0) is 89.4 Å². The highest BCUT2D eigenvalue weighted by Gasteiger charge is 2.51. The molecule has 50 heavy (non-hydrogen) atoms. The Kier molecular flexibility index (Phi) is 8.23. The molecule has 1 aliphatic carbocycles. The van der Waals surface area contributed by atoms with E-state index >= 15 is 0 Å². The van der Waals surface area contributed by atoms with E-state index in [0.717, 1.165) is 19.4 Å². The average molecular weight is 655 g/mol. The van der Waals surface area contributed by atoms with Crippen molar-refractivity contribution in [3.05, 3.63) is 149 Å². The van der Waals surface area contributed by atoms with E-state index < -0.39 is 0 Å². The number of hydrogen-bond donors (Lipinski definition) is 0. The number of rotatable bonds is 7. The van der Waals surface area contributed by atoms with Crippen LogP contribution in [0.2, 0.25) is 0 Å². The van der Waals surface area contributed by atoms with Crippen LogP contribution in [0.5, 0.6) is 0 Å². The lowest BCUT2D eigenvalue weighted by atomic mass is 9.66. The largest absolute Gasteiger partial charge is 0.344 e. The van der Waals surface area contributed by atoms with Gasteiger partial charge in [-0.1, -0.05) is 118 Å². The maximum atomic E-state index is 7.51. The molecule has 5 aromatic rings. The molecule has 250 valence electrons. The van der Waals surface area contributed by atoms with Crippen molar-refractivity contribution >= 4 is 44.3 Å². The molecule has 1 fully saturated rings. The summed E-state index contributed by atoms with van der Waals surface area (Å²) in [6.45, 7) is 15.6. The molecule has 0 radical (unpaired) electrons. The molecule has 1 spiro atoms. The Bertz CT molecular complexity index is 2240. The van der Waals surface area contributed by atoms with Crippen molar-refractivity contribution in [2.45, 2.75) is 76.5 Å². The molecule has 0 aromatic heterocycles. The number of nitrogens with zero attached hydrogens (tertiary/aromatic N) is 3. The van der Waals surface area contributed by atoms with Gasteiger partial charge in [0.15, 0.2) is 11.4 Å². The first kappa shape index (κ1) is 32.3. The molecule has 0 saturated heterocycles. The minimum absolute atomic E-state index is 0.0400. The second kappa shape index (κ2) is 12.7. The van der Waals surface area contributed by atoms with E-state index in [-0.39, 0.29) is 10.8 Å². The van der Waals surface area contributed by atoms with E-state index in [9.17, 15) is 0 Å². The molecule has 8 rings (SSSR count). The molecule has 0 N–H and O–H groups in total. The van der Waals surface area contributed by atoms with Gasteiger partial charge in [0.05, 0.1) is 12.0 Å². The molecule has 3 heteroatoms. The normalized spacial score (nSPS) is 20.5. The number of hydrogen-bond acceptors (Lipinski definition) is 1. The molecule has 5 aromatic carbocycles. The highest BCUT2D eigenvalue weighted by Crippen LogP contribution is 2.54. The second-order valence-corrected chi connectivity index (χ2v) is 15.5. The number of allylic oxidation sites excluding steroid dienone is 4. The van der Waals surface area contributed by atoms with Crippen molar-refractivity contribution in [3.63, 3.8) is 0 Å². The van der Waals surface area contributed by atoms with Gasteiger partial charge in [-0.2, -0.15) is 4.58 Å². The summed E-state index contributed by atoms with van der Waals surface area (Å²) in [6.07, 6.45) is 15.5. The van der Waals surface area contributed by atoms with Crippen LogP contribution in [0.4, 0.5) is 17.1 Å². The fraction of sp³-hybridized carbons (Fsp3) is 0.319. The van der Waals surface area contributed by atoms with Gasteiger partial charge in [0.1, 0.15) is 7.05 Å². The zero-order valence-corrected chi connectivity index (χ0v) is 30.0. The van der Waals surface area contributed by atoms with E-state index in [4.69, 9.17) is 6.57 Å². The van der Waals surface area contributed by atoms with Crippen molar-refractivity contribution in [1.29, 1.82) is 0 Å². The van der Waals surface area contributed by atoms with Gasteiger partial charge in [-0.15, -0.1) is 0 Å². The summed E-state index contributed by atoms with van der Waals surface area (Å²) in [6, 6.07) is 35.5. The highest BCUT2D eigenvalue weighted by atomic mass is 15.2. The zero-order valence-electron chi connectivity index (χ0n) is 30.0. The van der Waals surface area contributed by atoms with Gasteiger partial charge >= 0.3 is 0 Å². The van der Waals surface area contributed by atoms with Crippen LogP contribution in [-0.2, 0) is 17.3 Å². The molecule has 3 nitrogen and oxygen atoms in total. The maximum absolute atomic E-state index is 7.51. The molecule has 0 bridgehead atoms. The van der Waals surface area contributed by atoms with Crippen molar-refractivity contribution in [3.8, 4) is 0 Å². The Morgan fingerprint density at radius 2 is 1.48 bits per heavy atom. The number of fused-ring (bicyclic) bond motifs is 7. The summed E-state index contributed by atoms with van der Waals surface area (Å²) < 4.78 is 2.49. The lowest BCUT2D eigenvalue weighted by Gasteiger charge is -2.32. The molecule has 1 saturated carbocycles. The molecule has 3 aliphatic rings. The maximum Gasteiger partial charge on any atom is 0.210 e. The third kappa shape index (κ3) is 5.20. The van der Waals surface area contributed by atoms with Crippen LogP contribution in [0.15, 0.2) is 121 Å². The zero-order chi connectivity index (χ0) is 34.5. The van der Waals surface area contributed by atoms with Gasteiger partial charge in [-0.25, -0.2) is 4.85 Å². The van der Waals surface area contributed by atoms with Crippen LogP contribution >= 0.6 is 0 Å². The fourth-order valence-electron chi connectivity index (χ4n) is 9.58. The van der Waals surface area contributed by atoms with Crippen molar-refractivity contribution in [1.82, 2.24) is 0 Å². The van der Waals surface area contributed by atoms with Crippen molar-refractivity contribution < 1.29 is 4.58 Å². The van der Waals surface area contributed by atoms with Gasteiger partial charge in [0.2, 0.25) is 5.69 Å². The Hall–Kier alpha value is -4.94. The van der Waals surface area contributed by atoms with Gasteiger partial charge in [-0.3, -0.25) is 0 Å². The molecule has 2 aliphatic heterocycles. The third-order valence-corrected chi connectivity index (χ3v) is 12.0. The van der Waals surface area contributed by atoms with Crippen LogP contribution in [0.1, 0.15) is 76.0 Å². The average Bonchev–Trinajstić information content (AvgIpc) is 3.51. The highest BCUT2D eigenvalue weighted by molar-refractivity contribution is 6.08. The van der Waals surface area contributed by atoms with E-state index in [0.29, 0.717) is 11.6 Å². The summed E-state index contributed by atoms with van der Waals surface area (Å²) in [5.74, 6) is 0.603. The van der Waals surface area contributed by atoms with E-state index in [1.807, 2.05) is 12.1 Å². The molecule has 0 amide bonds. The quantitative estimate of drug-likeness (QED) is 0.125. The monoisotopic (exact) mass is 654 g/mol.